The van der Waals surface area contributed by atoms with E-state index in [0.29, 0.717) is 11.0 Å². The number of rotatable bonds is 5. The molecule has 0 aliphatic carbocycles. The molecule has 114 valence electrons. The van der Waals surface area contributed by atoms with Gasteiger partial charge in [-0.1, -0.05) is 11.8 Å². The highest BCUT2D eigenvalue weighted by molar-refractivity contribution is 7.99. The molecular weight excluding hydrogens is 325 g/mol. The van der Waals surface area contributed by atoms with E-state index in [1.165, 1.54) is 28.5 Å². The van der Waals surface area contributed by atoms with E-state index in [4.69, 9.17) is 11.6 Å². The molecule has 0 N–H and O–H groups in total. The van der Waals surface area contributed by atoms with E-state index in [2.05, 4.69) is 15.2 Å². The lowest BCUT2D eigenvalue weighted by atomic mass is 10.1. The molecule has 0 amide bonds. The molecule has 21 heavy (non-hydrogen) atoms. The number of hydrogen-bond donors (Lipinski definition) is 0. The van der Waals surface area contributed by atoms with Gasteiger partial charge in [-0.15, -0.1) is 21.8 Å². The minimum absolute atomic E-state index is 0.0795. The monoisotopic (exact) mass is 336 g/mol. The maximum absolute atomic E-state index is 13.0. The zero-order chi connectivity index (χ0) is 15.5. The highest BCUT2D eigenvalue weighted by Gasteiger charge is 2.36. The van der Waals surface area contributed by atoms with Crippen LogP contribution in [0.2, 0.25) is 0 Å². The third-order valence-corrected chi connectivity index (χ3v) is 4.03. The maximum atomic E-state index is 13.0. The van der Waals surface area contributed by atoms with Crippen molar-refractivity contribution in [3.63, 3.8) is 0 Å². The van der Waals surface area contributed by atoms with Crippen LogP contribution in [0.1, 0.15) is 12.1 Å². The summed E-state index contributed by atoms with van der Waals surface area (Å²) < 4.78 is 40.5. The molecule has 0 fully saturated rings. The number of thioether (sulfide) groups is 1. The van der Waals surface area contributed by atoms with E-state index in [1.54, 1.807) is 7.05 Å². The molecular formula is C12H12ClF3N4S. The first-order valence-electron chi connectivity index (χ1n) is 6.06. The molecule has 4 nitrogen and oxygen atoms in total. The lowest BCUT2D eigenvalue weighted by Gasteiger charge is -2.10. The Labute approximate surface area is 128 Å². The molecule has 0 aliphatic rings. The van der Waals surface area contributed by atoms with Crippen molar-refractivity contribution in [1.29, 1.82) is 0 Å². The minimum Gasteiger partial charge on any atom is -0.305 e. The Kier molecular flexibility index (Phi) is 5.10. The van der Waals surface area contributed by atoms with Crippen molar-refractivity contribution in [2.24, 2.45) is 7.05 Å². The van der Waals surface area contributed by atoms with Crippen LogP contribution in [0.4, 0.5) is 13.2 Å². The third-order valence-electron chi connectivity index (χ3n) is 2.66. The molecule has 0 saturated heterocycles. The first-order valence-corrected chi connectivity index (χ1v) is 7.58. The average molecular weight is 337 g/mol. The van der Waals surface area contributed by atoms with Crippen molar-refractivity contribution in [2.75, 3.05) is 11.6 Å². The Hall–Kier alpha value is -1.28. The largest absolute Gasteiger partial charge is 0.434 e. The SMILES string of the molecule is Cn1c(SCCCCl)nnc1-c1cccnc1C(F)(F)F. The summed E-state index contributed by atoms with van der Waals surface area (Å²) in [6, 6.07) is 2.78. The van der Waals surface area contributed by atoms with Crippen molar-refractivity contribution in [3.05, 3.63) is 24.0 Å². The number of nitrogens with zero attached hydrogens (tertiary/aromatic N) is 4. The van der Waals surface area contributed by atoms with Gasteiger partial charge in [-0.05, 0) is 18.6 Å². The van der Waals surface area contributed by atoms with Gasteiger partial charge in [-0.25, -0.2) is 0 Å². The van der Waals surface area contributed by atoms with Crippen LogP contribution in [0.15, 0.2) is 23.5 Å². The van der Waals surface area contributed by atoms with E-state index in [-0.39, 0.29) is 11.4 Å². The molecule has 0 aromatic carbocycles. The lowest BCUT2D eigenvalue weighted by Crippen LogP contribution is -2.11. The summed E-state index contributed by atoms with van der Waals surface area (Å²) in [7, 11) is 1.63. The Balaban J connectivity index is 2.36. The molecule has 2 aromatic heterocycles. The highest BCUT2D eigenvalue weighted by atomic mass is 35.5. The molecule has 0 aliphatic heterocycles. The Morgan fingerprint density at radius 1 is 1.33 bits per heavy atom. The van der Waals surface area contributed by atoms with Crippen molar-refractivity contribution in [1.82, 2.24) is 19.7 Å². The fraction of sp³-hybridized carbons (Fsp3) is 0.417. The molecule has 0 unspecified atom stereocenters. The number of alkyl halides is 4. The molecule has 0 saturated carbocycles. The van der Waals surface area contributed by atoms with Gasteiger partial charge in [0.1, 0.15) is 0 Å². The minimum atomic E-state index is -4.53. The van der Waals surface area contributed by atoms with E-state index < -0.39 is 11.9 Å². The average Bonchev–Trinajstić information content (AvgIpc) is 2.80. The van der Waals surface area contributed by atoms with Gasteiger partial charge in [0.25, 0.3) is 0 Å². The van der Waals surface area contributed by atoms with Gasteiger partial charge in [0.2, 0.25) is 0 Å². The summed E-state index contributed by atoms with van der Waals surface area (Å²) in [6.45, 7) is 0. The van der Waals surface area contributed by atoms with Gasteiger partial charge < -0.3 is 4.57 Å². The second-order valence-corrected chi connectivity index (χ2v) is 5.59. The summed E-state index contributed by atoms with van der Waals surface area (Å²) in [5, 5.41) is 8.33. The molecule has 2 aromatic rings. The van der Waals surface area contributed by atoms with Crippen LogP contribution in [0.25, 0.3) is 11.4 Å². The zero-order valence-corrected chi connectivity index (χ0v) is 12.6. The Morgan fingerprint density at radius 3 is 2.76 bits per heavy atom. The van der Waals surface area contributed by atoms with Crippen LogP contribution in [0.3, 0.4) is 0 Å². The first kappa shape index (κ1) is 16.1. The normalized spacial score (nSPS) is 11.9. The van der Waals surface area contributed by atoms with Crippen molar-refractivity contribution < 1.29 is 13.2 Å². The first-order chi connectivity index (χ1) is 9.95. The van der Waals surface area contributed by atoms with Crippen molar-refractivity contribution in [2.45, 2.75) is 17.8 Å². The van der Waals surface area contributed by atoms with Crippen LogP contribution in [0, 0.1) is 0 Å². The second-order valence-electron chi connectivity index (χ2n) is 4.15. The quantitative estimate of drug-likeness (QED) is 0.475. The molecule has 2 heterocycles. The zero-order valence-electron chi connectivity index (χ0n) is 11.1. The number of pyridine rings is 1. The molecule has 0 radical (unpaired) electrons. The summed E-state index contributed by atoms with van der Waals surface area (Å²) in [5.74, 6) is 1.40. The number of hydrogen-bond acceptors (Lipinski definition) is 4. The van der Waals surface area contributed by atoms with E-state index in [0.717, 1.165) is 18.4 Å². The standard InChI is InChI=1S/C12H12ClF3N4S/c1-20-10(18-19-11(20)21-7-3-5-13)8-4-2-6-17-9(8)12(14,15)16/h2,4,6H,3,5,7H2,1H3. The van der Waals surface area contributed by atoms with Crippen LogP contribution in [0.5, 0.6) is 0 Å². The molecule has 0 atom stereocenters. The van der Waals surface area contributed by atoms with Gasteiger partial charge in [0.05, 0.1) is 5.56 Å². The summed E-state index contributed by atoms with van der Waals surface area (Å²) >= 11 is 6.99. The maximum Gasteiger partial charge on any atom is 0.434 e. The van der Waals surface area contributed by atoms with Gasteiger partial charge in [0.15, 0.2) is 16.7 Å². The molecule has 0 spiro atoms. The van der Waals surface area contributed by atoms with Crippen molar-refractivity contribution in [3.8, 4) is 11.4 Å². The van der Waals surface area contributed by atoms with E-state index in [9.17, 15) is 13.2 Å². The van der Waals surface area contributed by atoms with Gasteiger partial charge in [0, 0.05) is 24.9 Å². The van der Waals surface area contributed by atoms with Gasteiger partial charge >= 0.3 is 6.18 Å². The fourth-order valence-corrected chi connectivity index (χ4v) is 2.85. The van der Waals surface area contributed by atoms with E-state index >= 15 is 0 Å². The predicted octanol–water partition coefficient (Wildman–Crippen LogP) is 3.62. The lowest BCUT2D eigenvalue weighted by molar-refractivity contribution is -0.140. The summed E-state index contributed by atoms with van der Waals surface area (Å²) in [4.78, 5) is 3.42. The summed E-state index contributed by atoms with van der Waals surface area (Å²) in [6.07, 6.45) is -2.64. The highest BCUT2D eigenvalue weighted by Crippen LogP contribution is 2.35. The third kappa shape index (κ3) is 3.68. The van der Waals surface area contributed by atoms with E-state index in [1.807, 2.05) is 0 Å². The Bertz CT molecular complexity index is 615. The molecule has 9 heteroatoms. The molecule has 0 bridgehead atoms. The van der Waals surface area contributed by atoms with Crippen LogP contribution in [-0.2, 0) is 13.2 Å². The van der Waals surface area contributed by atoms with Crippen LogP contribution >= 0.6 is 23.4 Å². The summed E-state index contributed by atoms with van der Waals surface area (Å²) in [5.41, 5.74) is -1.04. The smallest absolute Gasteiger partial charge is 0.305 e. The fourth-order valence-electron chi connectivity index (χ4n) is 1.70. The van der Waals surface area contributed by atoms with Crippen LogP contribution < -0.4 is 0 Å². The second kappa shape index (κ2) is 6.65. The van der Waals surface area contributed by atoms with Gasteiger partial charge in [-0.3, -0.25) is 4.98 Å². The van der Waals surface area contributed by atoms with Crippen molar-refractivity contribution >= 4 is 23.4 Å². The number of halogens is 4. The number of aromatic nitrogens is 4. The molecule has 2 rings (SSSR count). The topological polar surface area (TPSA) is 43.6 Å². The Morgan fingerprint density at radius 2 is 2.10 bits per heavy atom. The van der Waals surface area contributed by atoms with Crippen LogP contribution in [-0.4, -0.2) is 31.4 Å². The predicted molar refractivity (Wildman–Crippen MR) is 75.3 cm³/mol. The van der Waals surface area contributed by atoms with Gasteiger partial charge in [-0.2, -0.15) is 13.2 Å².